The van der Waals surface area contributed by atoms with E-state index in [0.29, 0.717) is 126 Å². The van der Waals surface area contributed by atoms with E-state index >= 15 is 0 Å². The maximum atomic E-state index is 11.8. The smallest absolute Gasteiger partial charge is 0.330 e. The van der Waals surface area contributed by atoms with E-state index in [4.69, 9.17) is 52.1 Å². The van der Waals surface area contributed by atoms with E-state index in [9.17, 15) is 9.18 Å². The summed E-state index contributed by atoms with van der Waals surface area (Å²) >= 11 is 0. The van der Waals surface area contributed by atoms with Crippen molar-refractivity contribution in [2.45, 2.75) is 0 Å². The molecule has 0 fully saturated rings. The minimum absolute atomic E-state index is 0.110. The van der Waals surface area contributed by atoms with Crippen molar-refractivity contribution in [1.29, 1.82) is 0 Å². The molecule has 38 heavy (non-hydrogen) atoms. The average Bonchev–Trinajstić information content (AvgIpc) is 2.93. The fourth-order valence-electron chi connectivity index (χ4n) is 2.40. The van der Waals surface area contributed by atoms with Crippen LogP contribution in [0, 0.1) is 0 Å². The Morgan fingerprint density at radius 2 is 0.632 bits per heavy atom. The molecule has 0 aliphatic rings. The molecule has 0 heterocycles. The highest BCUT2D eigenvalue weighted by molar-refractivity contribution is 5.81. The van der Waals surface area contributed by atoms with Crippen molar-refractivity contribution in [2.24, 2.45) is 0 Å². The second-order valence-corrected chi connectivity index (χ2v) is 7.18. The van der Waals surface area contributed by atoms with E-state index in [1.54, 1.807) is 0 Å². The fourth-order valence-corrected chi connectivity index (χ4v) is 2.40. The molecule has 0 saturated carbocycles. The van der Waals surface area contributed by atoms with E-state index in [1.165, 1.54) is 0 Å². The standard InChI is InChI=1S/C25H47FO12/c1-2-25(27)38-24-23-37-22-21-36-20-19-35-18-17-34-16-15-33-14-13-32-12-11-31-10-9-30-8-7-29-6-5-28-4-3-26/h2H,1,3-24H2. The molecular weight excluding hydrogens is 511 g/mol. The molecule has 226 valence electrons. The fraction of sp³-hybridized carbons (Fsp3) is 0.880. The molecule has 0 spiro atoms. The Morgan fingerprint density at radius 1 is 0.421 bits per heavy atom. The molecule has 13 heteroatoms. The molecule has 12 nitrogen and oxygen atoms in total. The molecule has 0 aromatic rings. The highest BCUT2D eigenvalue weighted by atomic mass is 19.1. The third-order valence-electron chi connectivity index (χ3n) is 4.21. The zero-order valence-electron chi connectivity index (χ0n) is 22.6. The largest absolute Gasteiger partial charge is 0.460 e. The lowest BCUT2D eigenvalue weighted by atomic mass is 10.6. The first kappa shape index (κ1) is 36.7. The van der Waals surface area contributed by atoms with Crippen molar-refractivity contribution < 1.29 is 61.3 Å². The number of ether oxygens (including phenoxy) is 11. The summed E-state index contributed by atoms with van der Waals surface area (Å²) in [5.74, 6) is -0.462. The summed E-state index contributed by atoms with van der Waals surface area (Å²) in [5.41, 5.74) is 0. The van der Waals surface area contributed by atoms with E-state index in [1.807, 2.05) is 0 Å². The maximum Gasteiger partial charge on any atom is 0.330 e. The molecule has 0 saturated heterocycles. The quantitative estimate of drug-likeness (QED) is 0.0645. The number of halogens is 1. The Kier molecular flexibility index (Phi) is 32.6. The van der Waals surface area contributed by atoms with Crippen LogP contribution in [-0.2, 0) is 56.9 Å². The SMILES string of the molecule is C=CC(=O)OCCOCCOCCOCCOCCOCCOCCOCCOCCOCCOCCF. The average molecular weight is 559 g/mol. The zero-order chi connectivity index (χ0) is 27.6. The van der Waals surface area contributed by atoms with Crippen LogP contribution in [0.1, 0.15) is 0 Å². The number of alkyl halides is 1. The van der Waals surface area contributed by atoms with E-state index in [2.05, 4.69) is 6.58 Å². The number of esters is 1. The Hall–Kier alpha value is -1.26. The highest BCUT2D eigenvalue weighted by Crippen LogP contribution is 1.87. The van der Waals surface area contributed by atoms with Crippen LogP contribution in [0.2, 0.25) is 0 Å². The van der Waals surface area contributed by atoms with Gasteiger partial charge in [-0.05, 0) is 0 Å². The second kappa shape index (κ2) is 33.8. The first-order chi connectivity index (χ1) is 18.8. The summed E-state index contributed by atoms with van der Waals surface area (Å²) < 4.78 is 69.8. The van der Waals surface area contributed by atoms with Gasteiger partial charge < -0.3 is 52.1 Å². The van der Waals surface area contributed by atoms with E-state index in [0.717, 1.165) is 6.08 Å². The molecule has 0 amide bonds. The Labute approximate surface area is 225 Å². The molecule has 0 bridgehead atoms. The van der Waals surface area contributed by atoms with Gasteiger partial charge in [-0.25, -0.2) is 9.18 Å². The molecule has 0 atom stereocenters. The molecule has 0 unspecified atom stereocenters. The Morgan fingerprint density at radius 3 is 0.842 bits per heavy atom. The third kappa shape index (κ3) is 32.8. The van der Waals surface area contributed by atoms with Crippen LogP contribution >= 0.6 is 0 Å². The summed E-state index contributed by atoms with van der Waals surface area (Å²) in [7, 11) is 0. The van der Waals surface area contributed by atoms with Gasteiger partial charge in [-0.2, -0.15) is 0 Å². The van der Waals surface area contributed by atoms with Crippen molar-refractivity contribution in [3.05, 3.63) is 12.7 Å². The summed E-state index contributed by atoms with van der Waals surface area (Å²) in [6.07, 6.45) is 1.11. The van der Waals surface area contributed by atoms with Gasteiger partial charge in [0, 0.05) is 6.08 Å². The molecule has 0 aliphatic heterocycles. The van der Waals surface area contributed by atoms with Gasteiger partial charge in [0.1, 0.15) is 13.3 Å². The summed E-state index contributed by atoms with van der Waals surface area (Å²) in [6.45, 7) is 11.9. The second-order valence-electron chi connectivity index (χ2n) is 7.18. The van der Waals surface area contributed by atoms with Crippen LogP contribution in [-0.4, -0.2) is 151 Å². The number of hydrogen-bond acceptors (Lipinski definition) is 12. The predicted octanol–water partition coefficient (Wildman–Crippen LogP) is 0.851. The maximum absolute atomic E-state index is 11.8. The van der Waals surface area contributed by atoms with E-state index in [-0.39, 0.29) is 13.2 Å². The zero-order valence-corrected chi connectivity index (χ0v) is 22.6. The van der Waals surface area contributed by atoms with Gasteiger partial charge in [0.25, 0.3) is 0 Å². The lowest BCUT2D eigenvalue weighted by Crippen LogP contribution is -2.15. The summed E-state index contributed by atoms with van der Waals surface area (Å²) in [5, 5.41) is 0. The van der Waals surface area contributed by atoms with Crippen LogP contribution in [0.3, 0.4) is 0 Å². The van der Waals surface area contributed by atoms with Crippen LogP contribution in [0.15, 0.2) is 12.7 Å². The molecular formula is C25H47FO12. The number of carbonyl (C=O) groups excluding carboxylic acids is 1. The van der Waals surface area contributed by atoms with Gasteiger partial charge in [0.05, 0.1) is 132 Å². The number of carbonyl (C=O) groups is 1. The van der Waals surface area contributed by atoms with Crippen LogP contribution < -0.4 is 0 Å². The van der Waals surface area contributed by atoms with Crippen molar-refractivity contribution in [3.8, 4) is 0 Å². The predicted molar refractivity (Wildman–Crippen MR) is 135 cm³/mol. The Balaban J connectivity index is 3.04. The van der Waals surface area contributed by atoms with Gasteiger partial charge in [-0.1, -0.05) is 6.58 Å². The minimum atomic E-state index is -0.477. The lowest BCUT2D eigenvalue weighted by Gasteiger charge is -2.09. The molecule has 0 radical (unpaired) electrons. The van der Waals surface area contributed by atoms with Crippen LogP contribution in [0.4, 0.5) is 4.39 Å². The van der Waals surface area contributed by atoms with Crippen molar-refractivity contribution >= 4 is 5.97 Å². The normalized spacial score (nSPS) is 11.2. The van der Waals surface area contributed by atoms with Gasteiger partial charge in [0.15, 0.2) is 0 Å². The first-order valence-electron chi connectivity index (χ1n) is 12.9. The lowest BCUT2D eigenvalue weighted by molar-refractivity contribution is -0.139. The number of hydrogen-bond donors (Lipinski definition) is 0. The third-order valence-corrected chi connectivity index (χ3v) is 4.21. The van der Waals surface area contributed by atoms with Crippen molar-refractivity contribution in [1.82, 2.24) is 0 Å². The minimum Gasteiger partial charge on any atom is -0.460 e. The van der Waals surface area contributed by atoms with Gasteiger partial charge >= 0.3 is 5.97 Å². The first-order valence-corrected chi connectivity index (χ1v) is 12.9. The number of rotatable bonds is 33. The Bertz CT molecular complexity index is 487. The molecule has 0 aromatic carbocycles. The monoisotopic (exact) mass is 558 g/mol. The van der Waals surface area contributed by atoms with Gasteiger partial charge in [-0.3, -0.25) is 0 Å². The van der Waals surface area contributed by atoms with E-state index < -0.39 is 12.6 Å². The van der Waals surface area contributed by atoms with Crippen LogP contribution in [0.25, 0.3) is 0 Å². The summed E-state index contributed by atoms with van der Waals surface area (Å²) in [4.78, 5) is 10.8. The highest BCUT2D eigenvalue weighted by Gasteiger charge is 1.97. The summed E-state index contributed by atoms with van der Waals surface area (Å²) in [6, 6.07) is 0. The van der Waals surface area contributed by atoms with Crippen molar-refractivity contribution in [2.75, 3.05) is 145 Å². The van der Waals surface area contributed by atoms with Gasteiger partial charge in [0.2, 0.25) is 0 Å². The molecule has 0 aliphatic carbocycles. The van der Waals surface area contributed by atoms with Crippen molar-refractivity contribution in [3.63, 3.8) is 0 Å². The van der Waals surface area contributed by atoms with Gasteiger partial charge in [-0.15, -0.1) is 0 Å². The molecule has 0 N–H and O–H groups in total. The topological polar surface area (TPSA) is 119 Å². The molecule has 0 rings (SSSR count). The van der Waals surface area contributed by atoms with Crippen LogP contribution in [0.5, 0.6) is 0 Å². The molecule has 0 aromatic heterocycles.